The van der Waals surface area contributed by atoms with E-state index >= 15 is 0 Å². The number of thiazole rings is 1. The van der Waals surface area contributed by atoms with Gasteiger partial charge in [0.05, 0.1) is 16.3 Å². The molecule has 0 aliphatic heterocycles. The van der Waals surface area contributed by atoms with Gasteiger partial charge in [-0.2, -0.15) is 0 Å². The van der Waals surface area contributed by atoms with Crippen LogP contribution >= 0.6 is 34.5 Å². The average Bonchev–Trinajstić information content (AvgIpc) is 3.19. The van der Waals surface area contributed by atoms with Crippen LogP contribution in [0.4, 0.5) is 5.13 Å². The van der Waals surface area contributed by atoms with E-state index in [-0.39, 0.29) is 5.91 Å². The quantitative estimate of drug-likeness (QED) is 0.304. The van der Waals surface area contributed by atoms with Crippen LogP contribution < -0.4 is 9.64 Å². The molecule has 4 aromatic rings. The molecule has 0 bridgehead atoms. The molecule has 3 aromatic carbocycles. The molecule has 0 radical (unpaired) electrons. The molecule has 0 aliphatic carbocycles. The summed E-state index contributed by atoms with van der Waals surface area (Å²) in [6.07, 6.45) is 0. The topological polar surface area (TPSA) is 42.4 Å². The number of carbonyl (C=O) groups excluding carboxylic acids is 1. The molecule has 1 heterocycles. The molecule has 1 amide bonds. The molecule has 4 rings (SSSR count). The molecule has 0 aliphatic rings. The van der Waals surface area contributed by atoms with Crippen LogP contribution in [0.25, 0.3) is 10.2 Å². The van der Waals surface area contributed by atoms with Crippen LogP contribution in [0, 0.1) is 0 Å². The van der Waals surface area contributed by atoms with E-state index in [4.69, 9.17) is 27.9 Å². The number of amides is 1. The Morgan fingerprint density at radius 3 is 2.39 bits per heavy atom. The molecule has 1 aromatic heterocycles. The van der Waals surface area contributed by atoms with E-state index in [1.165, 1.54) is 11.3 Å². The van der Waals surface area contributed by atoms with Crippen LogP contribution in [0.3, 0.4) is 0 Å². The van der Waals surface area contributed by atoms with Gasteiger partial charge in [0.25, 0.3) is 5.91 Å². The minimum atomic E-state index is -1.13. The summed E-state index contributed by atoms with van der Waals surface area (Å²) in [5.41, 5.74) is 0.541. The molecule has 0 spiro atoms. The fourth-order valence-electron chi connectivity index (χ4n) is 3.18. The molecule has 7 heteroatoms. The monoisotopic (exact) mass is 470 g/mol. The lowest BCUT2D eigenvalue weighted by molar-refractivity contribution is -0.131. The second kappa shape index (κ2) is 8.87. The molecule has 0 N–H and O–H groups in total. The van der Waals surface area contributed by atoms with Gasteiger partial charge in [-0.05, 0) is 55.8 Å². The Hall–Kier alpha value is -2.60. The average molecular weight is 471 g/mol. The normalized spacial score (nSPS) is 11.5. The highest BCUT2D eigenvalue weighted by Gasteiger charge is 2.36. The number of fused-ring (bicyclic) bond motifs is 1. The summed E-state index contributed by atoms with van der Waals surface area (Å²) in [5.74, 6) is 0.358. The number of aromatic nitrogens is 1. The van der Waals surface area contributed by atoms with Crippen LogP contribution in [-0.4, -0.2) is 16.5 Å². The summed E-state index contributed by atoms with van der Waals surface area (Å²) in [6.45, 7) is 3.87. The lowest BCUT2D eigenvalue weighted by Crippen LogP contribution is -2.48. The van der Waals surface area contributed by atoms with Crippen molar-refractivity contribution in [2.45, 2.75) is 26.0 Å². The van der Waals surface area contributed by atoms with Crippen LogP contribution in [0.15, 0.2) is 72.8 Å². The van der Waals surface area contributed by atoms with Crippen LogP contribution in [0.2, 0.25) is 10.0 Å². The van der Waals surface area contributed by atoms with Crippen LogP contribution in [-0.2, 0) is 11.3 Å². The van der Waals surface area contributed by atoms with Crippen LogP contribution in [0.5, 0.6) is 5.75 Å². The summed E-state index contributed by atoms with van der Waals surface area (Å²) >= 11 is 13.7. The summed E-state index contributed by atoms with van der Waals surface area (Å²) in [7, 11) is 0. The highest BCUT2D eigenvalue weighted by atomic mass is 35.5. The van der Waals surface area contributed by atoms with Gasteiger partial charge in [-0.25, -0.2) is 4.98 Å². The Labute approximate surface area is 195 Å². The number of benzene rings is 3. The molecule has 0 saturated carbocycles. The van der Waals surface area contributed by atoms with Gasteiger partial charge in [0.1, 0.15) is 11.3 Å². The van der Waals surface area contributed by atoms with Crippen molar-refractivity contribution < 1.29 is 9.53 Å². The second-order valence-corrected chi connectivity index (χ2v) is 9.38. The van der Waals surface area contributed by atoms with Gasteiger partial charge in [0.15, 0.2) is 10.7 Å². The van der Waals surface area contributed by atoms with Crippen molar-refractivity contribution in [3.63, 3.8) is 0 Å². The Morgan fingerprint density at radius 1 is 1.00 bits per heavy atom. The third kappa shape index (κ3) is 4.85. The summed E-state index contributed by atoms with van der Waals surface area (Å²) in [5, 5.41) is 1.74. The molecular weight excluding hydrogens is 451 g/mol. The van der Waals surface area contributed by atoms with Gasteiger partial charge in [-0.3, -0.25) is 9.69 Å². The van der Waals surface area contributed by atoms with Gasteiger partial charge in [-0.1, -0.05) is 70.9 Å². The zero-order valence-corrected chi connectivity index (χ0v) is 19.3. The Kier molecular flexibility index (Phi) is 6.19. The third-order valence-electron chi connectivity index (χ3n) is 4.72. The SMILES string of the molecule is CC(C)(Oc1ccc(Cl)cc1)C(=O)N(Cc1ccccc1)c1nc2c(Cl)cccc2s1. The highest BCUT2D eigenvalue weighted by molar-refractivity contribution is 7.22. The van der Waals surface area contributed by atoms with E-state index in [1.54, 1.807) is 49.1 Å². The van der Waals surface area contributed by atoms with Gasteiger partial charge >= 0.3 is 0 Å². The number of carbonyl (C=O) groups is 1. The molecular formula is C24H20Cl2N2O2S. The first-order chi connectivity index (χ1) is 14.8. The number of para-hydroxylation sites is 1. The number of rotatable bonds is 6. The first-order valence-electron chi connectivity index (χ1n) is 9.69. The Bertz CT molecular complexity index is 1210. The molecule has 31 heavy (non-hydrogen) atoms. The van der Waals surface area contributed by atoms with Gasteiger partial charge in [0.2, 0.25) is 0 Å². The number of hydrogen-bond acceptors (Lipinski definition) is 4. The number of anilines is 1. The van der Waals surface area contributed by atoms with Gasteiger partial charge < -0.3 is 4.74 Å². The zero-order chi connectivity index (χ0) is 22.0. The van der Waals surface area contributed by atoms with Crippen molar-refractivity contribution in [3.05, 3.63) is 88.4 Å². The zero-order valence-electron chi connectivity index (χ0n) is 17.0. The van der Waals surface area contributed by atoms with E-state index < -0.39 is 5.60 Å². The van der Waals surface area contributed by atoms with E-state index in [9.17, 15) is 4.79 Å². The Balaban J connectivity index is 1.70. The number of nitrogens with zero attached hydrogens (tertiary/aromatic N) is 2. The first-order valence-corrected chi connectivity index (χ1v) is 11.3. The fourth-order valence-corrected chi connectivity index (χ4v) is 4.57. The van der Waals surface area contributed by atoms with Crippen molar-refractivity contribution >= 4 is 55.8 Å². The minimum Gasteiger partial charge on any atom is -0.478 e. The number of hydrogen-bond donors (Lipinski definition) is 0. The number of ether oxygens (including phenoxy) is 1. The molecule has 0 atom stereocenters. The van der Waals surface area contributed by atoms with Crippen molar-refractivity contribution in [3.8, 4) is 5.75 Å². The maximum Gasteiger partial charge on any atom is 0.272 e. The maximum atomic E-state index is 13.7. The van der Waals surface area contributed by atoms with Gasteiger partial charge in [-0.15, -0.1) is 0 Å². The predicted molar refractivity (Wildman–Crippen MR) is 128 cm³/mol. The largest absolute Gasteiger partial charge is 0.478 e. The van der Waals surface area contributed by atoms with Crippen molar-refractivity contribution in [2.24, 2.45) is 0 Å². The molecule has 0 fully saturated rings. The predicted octanol–water partition coefficient (Wildman–Crippen LogP) is 6.99. The molecule has 4 nitrogen and oxygen atoms in total. The standard InChI is InChI=1S/C24H20Cl2N2O2S/c1-24(2,30-18-13-11-17(25)12-14-18)22(29)28(15-16-7-4-3-5-8-16)23-27-21-19(26)9-6-10-20(21)31-23/h3-14H,15H2,1-2H3. The minimum absolute atomic E-state index is 0.207. The first kappa shape index (κ1) is 21.6. The molecule has 0 saturated heterocycles. The van der Waals surface area contributed by atoms with Crippen molar-refractivity contribution in [1.29, 1.82) is 0 Å². The molecule has 158 valence electrons. The van der Waals surface area contributed by atoms with Crippen LogP contribution in [0.1, 0.15) is 19.4 Å². The Morgan fingerprint density at radius 2 is 1.71 bits per heavy atom. The van der Waals surface area contributed by atoms with E-state index in [0.29, 0.717) is 33.0 Å². The lowest BCUT2D eigenvalue weighted by atomic mass is 10.1. The third-order valence-corrected chi connectivity index (χ3v) is 6.32. The number of halogens is 2. The molecule has 0 unspecified atom stereocenters. The van der Waals surface area contributed by atoms with Crippen molar-refractivity contribution in [2.75, 3.05) is 4.90 Å². The van der Waals surface area contributed by atoms with E-state index in [1.807, 2.05) is 42.5 Å². The summed E-state index contributed by atoms with van der Waals surface area (Å²) in [6, 6.07) is 22.4. The van der Waals surface area contributed by atoms with Gasteiger partial charge in [0, 0.05) is 5.02 Å². The maximum absolute atomic E-state index is 13.7. The second-order valence-electron chi connectivity index (χ2n) is 7.53. The van der Waals surface area contributed by atoms with E-state index in [2.05, 4.69) is 4.98 Å². The van der Waals surface area contributed by atoms with Crippen molar-refractivity contribution in [1.82, 2.24) is 4.98 Å². The fraction of sp³-hybridized carbons (Fsp3) is 0.167. The lowest BCUT2D eigenvalue weighted by Gasteiger charge is -2.31. The summed E-state index contributed by atoms with van der Waals surface area (Å²) in [4.78, 5) is 20.1. The van der Waals surface area contributed by atoms with E-state index in [0.717, 1.165) is 10.3 Å². The highest BCUT2D eigenvalue weighted by Crippen LogP contribution is 2.35. The smallest absolute Gasteiger partial charge is 0.272 e. The summed E-state index contributed by atoms with van der Waals surface area (Å²) < 4.78 is 6.98.